The van der Waals surface area contributed by atoms with Crippen molar-refractivity contribution < 1.29 is 18.3 Å². The minimum atomic E-state index is -4.20. The van der Waals surface area contributed by atoms with Crippen LogP contribution in [0.2, 0.25) is 0 Å². The number of rotatable bonds is 2. The quantitative estimate of drug-likeness (QED) is 0.844. The molecule has 1 aliphatic rings. The van der Waals surface area contributed by atoms with Crippen molar-refractivity contribution in [3.63, 3.8) is 0 Å². The summed E-state index contributed by atoms with van der Waals surface area (Å²) in [6.07, 6.45) is -3.13. The van der Waals surface area contributed by atoms with E-state index in [-0.39, 0.29) is 19.3 Å². The fourth-order valence-electron chi connectivity index (χ4n) is 2.81. The normalized spacial score (nSPS) is 28.4. The standard InChI is InChI=1S/C14H16BrF3O/c15-12-5-1-3-10(7-12)8-13(19)6-2-4-11(9-13)14(16,17)18/h1,3,5,7,11,19H,2,4,6,8-9H2. The summed E-state index contributed by atoms with van der Waals surface area (Å²) in [5.74, 6) is -1.38. The Morgan fingerprint density at radius 2 is 2.11 bits per heavy atom. The van der Waals surface area contributed by atoms with Gasteiger partial charge in [-0.3, -0.25) is 0 Å². The van der Waals surface area contributed by atoms with Gasteiger partial charge < -0.3 is 5.11 Å². The summed E-state index contributed by atoms with van der Waals surface area (Å²) >= 11 is 3.33. The van der Waals surface area contributed by atoms with Gasteiger partial charge in [0, 0.05) is 10.9 Å². The van der Waals surface area contributed by atoms with E-state index >= 15 is 0 Å². The Morgan fingerprint density at radius 3 is 2.74 bits per heavy atom. The molecule has 1 N–H and O–H groups in total. The third-order valence-corrected chi connectivity index (χ3v) is 4.20. The third-order valence-electron chi connectivity index (χ3n) is 3.71. The van der Waals surface area contributed by atoms with E-state index in [0.717, 1.165) is 10.0 Å². The number of benzene rings is 1. The number of halogens is 4. The lowest BCUT2D eigenvalue weighted by atomic mass is 9.75. The van der Waals surface area contributed by atoms with Gasteiger partial charge in [0.05, 0.1) is 11.5 Å². The average Bonchev–Trinajstić information content (AvgIpc) is 2.27. The Morgan fingerprint density at radius 1 is 1.37 bits per heavy atom. The van der Waals surface area contributed by atoms with Crippen LogP contribution in [0.25, 0.3) is 0 Å². The molecule has 0 amide bonds. The van der Waals surface area contributed by atoms with Crippen molar-refractivity contribution >= 4 is 15.9 Å². The van der Waals surface area contributed by atoms with Crippen LogP contribution in [0.15, 0.2) is 28.7 Å². The molecule has 1 nitrogen and oxygen atoms in total. The number of hydrogen-bond donors (Lipinski definition) is 1. The Bertz CT molecular complexity index is 447. The highest BCUT2D eigenvalue weighted by atomic mass is 79.9. The lowest BCUT2D eigenvalue weighted by Gasteiger charge is -2.37. The molecule has 2 rings (SSSR count). The smallest absolute Gasteiger partial charge is 0.390 e. The van der Waals surface area contributed by atoms with Gasteiger partial charge in [-0.2, -0.15) is 13.2 Å². The van der Waals surface area contributed by atoms with Crippen molar-refractivity contribution in [1.29, 1.82) is 0 Å². The maximum atomic E-state index is 12.8. The molecule has 2 unspecified atom stereocenters. The molecular formula is C14H16BrF3O. The molecule has 2 atom stereocenters. The van der Waals surface area contributed by atoms with E-state index < -0.39 is 17.7 Å². The minimum absolute atomic E-state index is 0.129. The minimum Gasteiger partial charge on any atom is -0.390 e. The highest BCUT2D eigenvalue weighted by molar-refractivity contribution is 9.10. The molecule has 5 heteroatoms. The third kappa shape index (κ3) is 3.96. The predicted octanol–water partition coefficient (Wildman–Crippen LogP) is 4.48. The second-order valence-corrected chi connectivity index (χ2v) is 6.28. The van der Waals surface area contributed by atoms with Gasteiger partial charge in [-0.05, 0) is 43.4 Å². The molecule has 0 aromatic heterocycles. The van der Waals surface area contributed by atoms with Crippen LogP contribution in [0.3, 0.4) is 0 Å². The number of aliphatic hydroxyl groups is 1. The average molecular weight is 337 g/mol. The highest BCUT2D eigenvalue weighted by Gasteiger charge is 2.46. The summed E-state index contributed by atoms with van der Waals surface area (Å²) in [4.78, 5) is 0. The molecular weight excluding hydrogens is 321 g/mol. The molecule has 0 spiro atoms. The molecule has 1 saturated carbocycles. The largest absolute Gasteiger partial charge is 0.391 e. The zero-order chi connectivity index (χ0) is 14.1. The maximum absolute atomic E-state index is 12.8. The first-order valence-corrected chi connectivity index (χ1v) is 7.11. The van der Waals surface area contributed by atoms with E-state index in [2.05, 4.69) is 15.9 Å². The van der Waals surface area contributed by atoms with Crippen molar-refractivity contribution in [2.75, 3.05) is 0 Å². The van der Waals surface area contributed by atoms with Crippen LogP contribution in [-0.2, 0) is 6.42 Å². The Balaban J connectivity index is 2.10. The van der Waals surface area contributed by atoms with Gasteiger partial charge in [0.2, 0.25) is 0 Å². The summed E-state index contributed by atoms with van der Waals surface area (Å²) in [5.41, 5.74) is -0.376. The number of hydrogen-bond acceptors (Lipinski definition) is 1. The van der Waals surface area contributed by atoms with Crippen LogP contribution < -0.4 is 0 Å². The summed E-state index contributed by atoms with van der Waals surface area (Å²) in [5, 5.41) is 10.4. The van der Waals surface area contributed by atoms with E-state index in [4.69, 9.17) is 0 Å². The molecule has 1 aromatic carbocycles. The van der Waals surface area contributed by atoms with Gasteiger partial charge in [-0.15, -0.1) is 0 Å². The first kappa shape index (κ1) is 14.9. The van der Waals surface area contributed by atoms with Gasteiger partial charge in [-0.25, -0.2) is 0 Å². The van der Waals surface area contributed by atoms with Crippen LogP contribution >= 0.6 is 15.9 Å². The summed E-state index contributed by atoms with van der Waals surface area (Å²) in [6.45, 7) is 0. The van der Waals surface area contributed by atoms with Crippen molar-refractivity contribution in [2.24, 2.45) is 5.92 Å². The van der Waals surface area contributed by atoms with Crippen LogP contribution in [0.5, 0.6) is 0 Å². The van der Waals surface area contributed by atoms with Gasteiger partial charge in [-0.1, -0.05) is 28.1 Å². The van der Waals surface area contributed by atoms with E-state index in [9.17, 15) is 18.3 Å². The van der Waals surface area contributed by atoms with Crippen LogP contribution in [0, 0.1) is 5.92 Å². The molecule has 0 radical (unpaired) electrons. The van der Waals surface area contributed by atoms with E-state index in [1.807, 2.05) is 24.3 Å². The maximum Gasteiger partial charge on any atom is 0.391 e. The first-order chi connectivity index (χ1) is 8.78. The van der Waals surface area contributed by atoms with Crippen molar-refractivity contribution in [1.82, 2.24) is 0 Å². The second kappa shape index (κ2) is 5.44. The van der Waals surface area contributed by atoms with Gasteiger partial charge in [0.15, 0.2) is 0 Å². The lowest BCUT2D eigenvalue weighted by molar-refractivity contribution is -0.200. The fourth-order valence-corrected chi connectivity index (χ4v) is 3.25. The summed E-state index contributed by atoms with van der Waals surface area (Å²) in [7, 11) is 0. The van der Waals surface area contributed by atoms with Gasteiger partial charge in [0.25, 0.3) is 0 Å². The molecule has 19 heavy (non-hydrogen) atoms. The van der Waals surface area contributed by atoms with E-state index in [1.165, 1.54) is 0 Å². The molecule has 1 fully saturated rings. The molecule has 1 aliphatic carbocycles. The zero-order valence-electron chi connectivity index (χ0n) is 10.4. The molecule has 106 valence electrons. The van der Waals surface area contributed by atoms with E-state index in [1.54, 1.807) is 0 Å². The molecule has 0 saturated heterocycles. The highest BCUT2D eigenvalue weighted by Crippen LogP contribution is 2.42. The SMILES string of the molecule is OC1(Cc2cccc(Br)c2)CCCC(C(F)(F)F)C1. The molecule has 0 heterocycles. The molecule has 0 bridgehead atoms. The fraction of sp³-hybridized carbons (Fsp3) is 0.571. The van der Waals surface area contributed by atoms with Crippen molar-refractivity contribution in [3.05, 3.63) is 34.3 Å². The summed E-state index contributed by atoms with van der Waals surface area (Å²) < 4.78 is 39.2. The lowest BCUT2D eigenvalue weighted by Crippen LogP contribution is -2.41. The number of alkyl halides is 3. The zero-order valence-corrected chi connectivity index (χ0v) is 12.0. The van der Waals surface area contributed by atoms with Gasteiger partial charge >= 0.3 is 6.18 Å². The Hall–Kier alpha value is -0.550. The van der Waals surface area contributed by atoms with Crippen molar-refractivity contribution in [3.8, 4) is 0 Å². The second-order valence-electron chi connectivity index (χ2n) is 5.37. The molecule has 0 aliphatic heterocycles. The Labute approximate surface area is 119 Å². The monoisotopic (exact) mass is 336 g/mol. The van der Waals surface area contributed by atoms with E-state index in [0.29, 0.717) is 12.8 Å². The topological polar surface area (TPSA) is 20.2 Å². The van der Waals surface area contributed by atoms with Gasteiger partial charge in [0.1, 0.15) is 0 Å². The van der Waals surface area contributed by atoms with Crippen molar-refractivity contribution in [2.45, 2.75) is 43.9 Å². The first-order valence-electron chi connectivity index (χ1n) is 6.32. The van der Waals surface area contributed by atoms with Crippen LogP contribution in [0.1, 0.15) is 31.2 Å². The molecule has 1 aromatic rings. The summed E-state index contributed by atoms with van der Waals surface area (Å²) in [6, 6.07) is 7.36. The Kier molecular flexibility index (Phi) is 4.26. The van der Waals surface area contributed by atoms with Crippen LogP contribution in [0.4, 0.5) is 13.2 Å². The predicted molar refractivity (Wildman–Crippen MR) is 70.8 cm³/mol. The van der Waals surface area contributed by atoms with Crippen LogP contribution in [-0.4, -0.2) is 16.9 Å².